The molecular weight excluding hydrogens is 283 g/mol. The molecule has 0 amide bonds. The van der Waals surface area contributed by atoms with Gasteiger partial charge in [0.2, 0.25) is 0 Å². The Morgan fingerprint density at radius 1 is 1.41 bits per heavy atom. The summed E-state index contributed by atoms with van der Waals surface area (Å²) in [5.74, 6) is -1.28. The van der Waals surface area contributed by atoms with E-state index in [9.17, 15) is 9.90 Å². The third-order valence-electron chi connectivity index (χ3n) is 4.53. The molecule has 1 aromatic rings. The van der Waals surface area contributed by atoms with E-state index >= 15 is 0 Å². The first-order valence-corrected chi connectivity index (χ1v) is 7.60. The SMILES string of the molecule is NCCc1ccc2c(c1)[C@@](N)(C(=O)O)[C@@H](CCCB(O)O)C2. The van der Waals surface area contributed by atoms with E-state index in [1.807, 2.05) is 18.2 Å². The molecule has 1 aliphatic rings. The highest BCUT2D eigenvalue weighted by molar-refractivity contribution is 6.40. The maximum Gasteiger partial charge on any atom is 0.451 e. The van der Waals surface area contributed by atoms with Gasteiger partial charge in [-0.15, -0.1) is 0 Å². The average molecular weight is 306 g/mol. The summed E-state index contributed by atoms with van der Waals surface area (Å²) >= 11 is 0. The van der Waals surface area contributed by atoms with E-state index in [1.165, 1.54) is 0 Å². The Morgan fingerprint density at radius 2 is 2.14 bits per heavy atom. The maximum absolute atomic E-state index is 11.8. The van der Waals surface area contributed by atoms with Gasteiger partial charge in [-0.2, -0.15) is 0 Å². The van der Waals surface area contributed by atoms with Crippen LogP contribution in [0.2, 0.25) is 6.32 Å². The highest BCUT2D eigenvalue weighted by Gasteiger charge is 2.49. The van der Waals surface area contributed by atoms with E-state index in [1.54, 1.807) is 0 Å². The highest BCUT2D eigenvalue weighted by Crippen LogP contribution is 2.43. The number of hydrogen-bond acceptors (Lipinski definition) is 5. The monoisotopic (exact) mass is 306 g/mol. The van der Waals surface area contributed by atoms with Crippen molar-refractivity contribution in [3.8, 4) is 0 Å². The Balaban J connectivity index is 2.26. The molecule has 0 spiro atoms. The van der Waals surface area contributed by atoms with Gasteiger partial charge in [0.05, 0.1) is 0 Å². The third kappa shape index (κ3) is 3.17. The molecule has 1 aromatic carbocycles. The van der Waals surface area contributed by atoms with Crippen LogP contribution in [0.5, 0.6) is 0 Å². The van der Waals surface area contributed by atoms with Gasteiger partial charge in [-0.25, -0.2) is 4.79 Å². The Kier molecular flexibility index (Phi) is 5.23. The van der Waals surface area contributed by atoms with Crippen molar-refractivity contribution in [1.29, 1.82) is 0 Å². The molecule has 1 aliphatic carbocycles. The molecule has 0 fully saturated rings. The minimum absolute atomic E-state index is 0.223. The maximum atomic E-state index is 11.8. The molecule has 0 saturated heterocycles. The van der Waals surface area contributed by atoms with Gasteiger partial charge in [0.25, 0.3) is 0 Å². The molecule has 7 heteroatoms. The lowest BCUT2D eigenvalue weighted by atomic mass is 9.77. The van der Waals surface area contributed by atoms with Crippen LogP contribution in [0.3, 0.4) is 0 Å². The van der Waals surface area contributed by atoms with Crippen LogP contribution < -0.4 is 11.5 Å². The standard InChI is InChI=1S/C15H23BN2O4/c17-7-5-10-3-4-11-9-12(2-1-6-16(21)22)15(18,14(19)20)13(11)8-10/h3-4,8,12,21-22H,1-2,5-7,9,17-18H2,(H,19,20)/t12-,15+/m0/s1. The number of fused-ring (bicyclic) bond motifs is 1. The van der Waals surface area contributed by atoms with Gasteiger partial charge in [0, 0.05) is 0 Å². The Bertz CT molecular complexity index is 552. The van der Waals surface area contributed by atoms with Crippen LogP contribution in [0.4, 0.5) is 0 Å². The van der Waals surface area contributed by atoms with Gasteiger partial charge in [0.15, 0.2) is 0 Å². The van der Waals surface area contributed by atoms with Crippen LogP contribution in [0.1, 0.15) is 29.5 Å². The molecular formula is C15H23BN2O4. The molecule has 0 unspecified atom stereocenters. The van der Waals surface area contributed by atoms with Crippen molar-refractivity contribution in [2.75, 3.05) is 6.54 Å². The number of carboxylic acid groups (broad SMARTS) is 1. The molecule has 0 heterocycles. The van der Waals surface area contributed by atoms with E-state index < -0.39 is 18.6 Å². The van der Waals surface area contributed by atoms with Crippen molar-refractivity contribution < 1.29 is 19.9 Å². The number of hydrogen-bond donors (Lipinski definition) is 5. The van der Waals surface area contributed by atoms with Crippen LogP contribution >= 0.6 is 0 Å². The van der Waals surface area contributed by atoms with Gasteiger partial charge >= 0.3 is 13.1 Å². The first-order chi connectivity index (χ1) is 10.4. The Hall–Kier alpha value is -1.41. The van der Waals surface area contributed by atoms with Gasteiger partial charge < -0.3 is 26.6 Å². The molecule has 2 rings (SSSR count). The summed E-state index contributed by atoms with van der Waals surface area (Å²) < 4.78 is 0. The molecule has 120 valence electrons. The van der Waals surface area contributed by atoms with Crippen molar-refractivity contribution in [3.05, 3.63) is 34.9 Å². The van der Waals surface area contributed by atoms with Gasteiger partial charge in [-0.1, -0.05) is 24.6 Å². The lowest BCUT2D eigenvalue weighted by Crippen LogP contribution is -2.48. The summed E-state index contributed by atoms with van der Waals surface area (Å²) in [5.41, 5.74) is 13.0. The zero-order chi connectivity index (χ0) is 16.3. The van der Waals surface area contributed by atoms with Crippen LogP contribution in [0.15, 0.2) is 18.2 Å². The lowest BCUT2D eigenvalue weighted by molar-refractivity contribution is -0.145. The van der Waals surface area contributed by atoms with E-state index in [4.69, 9.17) is 21.5 Å². The fraction of sp³-hybridized carbons (Fsp3) is 0.533. The van der Waals surface area contributed by atoms with Crippen LogP contribution in [0, 0.1) is 5.92 Å². The summed E-state index contributed by atoms with van der Waals surface area (Å²) in [5, 5.41) is 27.5. The van der Waals surface area contributed by atoms with E-state index in [-0.39, 0.29) is 12.2 Å². The zero-order valence-electron chi connectivity index (χ0n) is 12.5. The van der Waals surface area contributed by atoms with Crippen molar-refractivity contribution in [2.45, 2.75) is 37.5 Å². The van der Waals surface area contributed by atoms with Crippen LogP contribution in [-0.2, 0) is 23.2 Å². The molecule has 6 nitrogen and oxygen atoms in total. The quantitative estimate of drug-likeness (QED) is 0.445. The summed E-state index contributed by atoms with van der Waals surface area (Å²) in [6.07, 6.45) is 2.58. The first kappa shape index (κ1) is 17.0. The molecule has 0 saturated carbocycles. The molecule has 0 bridgehead atoms. The fourth-order valence-corrected chi connectivity index (χ4v) is 3.32. The average Bonchev–Trinajstić information content (AvgIpc) is 2.73. The lowest BCUT2D eigenvalue weighted by Gasteiger charge is -2.28. The summed E-state index contributed by atoms with van der Waals surface area (Å²) in [6, 6.07) is 5.76. The summed E-state index contributed by atoms with van der Waals surface area (Å²) in [6.45, 7) is 0.501. The first-order valence-electron chi connectivity index (χ1n) is 7.60. The van der Waals surface area contributed by atoms with E-state index in [2.05, 4.69) is 0 Å². The Morgan fingerprint density at radius 3 is 2.73 bits per heavy atom. The molecule has 22 heavy (non-hydrogen) atoms. The predicted molar refractivity (Wildman–Crippen MR) is 84.1 cm³/mol. The van der Waals surface area contributed by atoms with Crippen LogP contribution in [0.25, 0.3) is 0 Å². The zero-order valence-corrected chi connectivity index (χ0v) is 12.5. The van der Waals surface area contributed by atoms with E-state index in [0.29, 0.717) is 37.8 Å². The smallest absolute Gasteiger partial charge is 0.451 e. The molecule has 2 atom stereocenters. The summed E-state index contributed by atoms with van der Waals surface area (Å²) in [4.78, 5) is 11.8. The van der Waals surface area contributed by atoms with Crippen molar-refractivity contribution in [2.24, 2.45) is 17.4 Å². The number of benzene rings is 1. The normalized spacial score (nSPS) is 23.4. The topological polar surface area (TPSA) is 130 Å². The molecule has 7 N–H and O–H groups in total. The second kappa shape index (κ2) is 6.79. The van der Waals surface area contributed by atoms with Gasteiger partial charge in [-0.05, 0) is 54.7 Å². The molecule has 0 aromatic heterocycles. The molecule has 0 radical (unpaired) electrons. The highest BCUT2D eigenvalue weighted by atomic mass is 16.4. The van der Waals surface area contributed by atoms with E-state index in [0.717, 1.165) is 11.1 Å². The van der Waals surface area contributed by atoms with Crippen molar-refractivity contribution in [1.82, 2.24) is 0 Å². The number of carboxylic acids is 1. The largest absolute Gasteiger partial charge is 0.480 e. The second-order valence-electron chi connectivity index (χ2n) is 6.02. The van der Waals surface area contributed by atoms with Crippen molar-refractivity contribution >= 4 is 13.1 Å². The number of nitrogens with two attached hydrogens (primary N) is 2. The second-order valence-corrected chi connectivity index (χ2v) is 6.02. The number of carbonyl (C=O) groups is 1. The minimum Gasteiger partial charge on any atom is -0.480 e. The van der Waals surface area contributed by atoms with Crippen molar-refractivity contribution in [3.63, 3.8) is 0 Å². The van der Waals surface area contributed by atoms with Gasteiger partial charge in [0.1, 0.15) is 5.54 Å². The number of rotatable bonds is 7. The predicted octanol–water partition coefficient (Wildman–Crippen LogP) is -0.148. The fourth-order valence-electron chi connectivity index (χ4n) is 3.32. The van der Waals surface area contributed by atoms with Crippen LogP contribution in [-0.4, -0.2) is 34.8 Å². The molecule has 0 aliphatic heterocycles. The third-order valence-corrected chi connectivity index (χ3v) is 4.53. The van der Waals surface area contributed by atoms with Gasteiger partial charge in [-0.3, -0.25) is 0 Å². The number of aliphatic carboxylic acids is 1. The minimum atomic E-state index is -1.42. The summed E-state index contributed by atoms with van der Waals surface area (Å²) in [7, 11) is -1.36. The Labute approximate surface area is 130 Å².